The van der Waals surface area contributed by atoms with Gasteiger partial charge in [0.25, 0.3) is 5.91 Å². The number of rotatable bonds is 9. The van der Waals surface area contributed by atoms with Gasteiger partial charge in [0.15, 0.2) is 22.9 Å². The third kappa shape index (κ3) is 11.1. The number of hydrogen-bond acceptors (Lipinski definition) is 18. The van der Waals surface area contributed by atoms with Gasteiger partial charge in [0.1, 0.15) is 28.9 Å². The lowest BCUT2D eigenvalue weighted by atomic mass is 9.78. The Labute approximate surface area is 479 Å². The van der Waals surface area contributed by atoms with Crippen molar-refractivity contribution in [3.8, 4) is 23.0 Å². The zero-order valence-corrected chi connectivity index (χ0v) is 48.4. The molecular weight excluding hydrogens is 1080 g/mol. The number of aromatic hydroxyl groups is 3. The largest absolute Gasteiger partial charge is 0.507 e. The average Bonchev–Trinajstić information content (AvgIpc) is 2.06. The van der Waals surface area contributed by atoms with Crippen LogP contribution < -0.4 is 20.4 Å². The molecule has 10 rings (SSSR count). The number of carboxylic acids is 1. The fourth-order valence-electron chi connectivity index (χ4n) is 12.6. The van der Waals surface area contributed by atoms with E-state index in [4.69, 9.17) is 24.0 Å². The minimum Gasteiger partial charge on any atom is -0.507 e. The molecule has 3 fully saturated rings. The van der Waals surface area contributed by atoms with E-state index in [1.807, 2.05) is 4.90 Å². The zero-order chi connectivity index (χ0) is 60.3. The number of hydrogen-bond donors (Lipinski definition) is 7. The summed E-state index contributed by atoms with van der Waals surface area (Å²) in [5.74, 6) is -8.07. The first-order valence-electron chi connectivity index (χ1n) is 28.2. The Balaban J connectivity index is 1.03. The second-order valence-corrected chi connectivity index (χ2v) is 23.2. The van der Waals surface area contributed by atoms with Gasteiger partial charge in [0, 0.05) is 118 Å². The Kier molecular flexibility index (Phi) is 17.1. The predicted octanol–water partition coefficient (Wildman–Crippen LogP) is 6.69. The molecule has 0 radical (unpaired) electrons. The number of phenolic OH excluding ortho intramolecular Hbond substituents is 3. The number of hydrazone groups is 1. The molecular formula is C61H75FN6O15. The van der Waals surface area contributed by atoms with E-state index in [1.165, 1.54) is 52.8 Å². The number of nitrogens with zero attached hydrogens (tertiary/aromatic N) is 5. The third-order valence-corrected chi connectivity index (χ3v) is 17.8. The monoisotopic (exact) mass is 1150 g/mol. The number of carboxylic acid groups (broad SMARTS) is 1. The van der Waals surface area contributed by atoms with Crippen molar-refractivity contribution in [2.75, 3.05) is 63.7 Å². The first-order valence-corrected chi connectivity index (χ1v) is 28.2. The number of aromatic carboxylic acids is 1. The number of esters is 1. The summed E-state index contributed by atoms with van der Waals surface area (Å²) in [7, 11) is 2.86. The minimum absolute atomic E-state index is 0.0213. The lowest BCUT2D eigenvalue weighted by Crippen LogP contribution is -2.49. The lowest BCUT2D eigenvalue weighted by molar-refractivity contribution is -0.160. The number of fused-ring (bicyclic) bond motifs is 15. The van der Waals surface area contributed by atoms with Gasteiger partial charge in [-0.1, -0.05) is 45.9 Å². The van der Waals surface area contributed by atoms with Crippen LogP contribution in [0.5, 0.6) is 23.0 Å². The van der Waals surface area contributed by atoms with Crippen LogP contribution in [-0.2, 0) is 30.2 Å². The van der Waals surface area contributed by atoms with Crippen molar-refractivity contribution in [1.82, 2.24) is 14.5 Å². The van der Waals surface area contributed by atoms with Gasteiger partial charge in [0.2, 0.25) is 11.2 Å². The van der Waals surface area contributed by atoms with E-state index in [2.05, 4.69) is 10.2 Å². The van der Waals surface area contributed by atoms with Crippen molar-refractivity contribution < 1.29 is 73.2 Å². The van der Waals surface area contributed by atoms with Gasteiger partial charge in [0.05, 0.1) is 65.4 Å². The number of pyridine rings is 1. The van der Waals surface area contributed by atoms with Gasteiger partial charge >= 0.3 is 11.9 Å². The number of benzene rings is 3. The standard InChI is InChI=1S/C61H75FN6O15/c1-29-12-11-13-30(2)59(77)64-47-40(26-63-67-21-19-65(20-22-67)37-16-18-66(27-37)49-42(62)24-38-48(57(49)81-10)68(36-14-15-36)28-41(53(38)73)60(78)79)54(74)45-44-39(31(3)52(72)46(45)55(47)75)25-61(8,58(44)76)82-23-17-43(80-9)32(4)56(83-35(7)69)34(6)51(71)33(5)50(29)70/h11-13,17,23-24,26,28-29,32-34,36-37,43,50-51,56,70-72,74-75H,14-16,18-22,25,27H2,1-10H3,(H,64,77)(H,78,79)/b12-11+,23-17+,30-13-,63-26+/t29-,32+,33+,34+,37?,43-,50-,51+,56+,61-/m0/s1. The molecule has 3 aromatic carbocycles. The van der Waals surface area contributed by atoms with Crippen LogP contribution in [0.3, 0.4) is 0 Å². The summed E-state index contributed by atoms with van der Waals surface area (Å²) >= 11 is 0. The molecule has 0 spiro atoms. The number of phenols is 3. The number of carbonyl (C=O) groups excluding carboxylic acids is 3. The van der Waals surface area contributed by atoms with E-state index in [9.17, 15) is 54.6 Å². The third-order valence-electron chi connectivity index (χ3n) is 17.8. The van der Waals surface area contributed by atoms with Crippen LogP contribution in [0.4, 0.5) is 15.8 Å². The molecule has 2 saturated heterocycles. The number of ketones is 1. The van der Waals surface area contributed by atoms with Gasteiger partial charge < -0.3 is 64.4 Å². The molecule has 10 atom stereocenters. The molecule has 83 heavy (non-hydrogen) atoms. The number of aliphatic hydroxyl groups is 2. The highest BCUT2D eigenvalue weighted by atomic mass is 19.1. The van der Waals surface area contributed by atoms with Crippen LogP contribution >= 0.6 is 0 Å². The summed E-state index contributed by atoms with van der Waals surface area (Å²) in [6, 6.07) is 1.03. The molecule has 446 valence electrons. The number of ether oxygens (including phenoxy) is 4. The van der Waals surface area contributed by atoms with Gasteiger partial charge in [-0.15, -0.1) is 0 Å². The van der Waals surface area contributed by atoms with Crippen molar-refractivity contribution in [2.24, 2.45) is 28.8 Å². The number of amides is 1. The molecule has 6 aliphatic rings. The van der Waals surface area contributed by atoms with Gasteiger partial charge in [-0.05, 0) is 63.3 Å². The number of carbonyl (C=O) groups is 4. The number of aliphatic hydroxyl groups excluding tert-OH is 2. The molecule has 1 saturated carbocycles. The number of nitrogens with one attached hydrogen (secondary N) is 1. The Morgan fingerprint density at radius 1 is 0.892 bits per heavy atom. The molecule has 21 nitrogen and oxygen atoms in total. The summed E-state index contributed by atoms with van der Waals surface area (Å²) < 4.78 is 41.8. The van der Waals surface area contributed by atoms with Crippen molar-refractivity contribution in [2.45, 2.75) is 123 Å². The number of aromatic nitrogens is 1. The van der Waals surface area contributed by atoms with Crippen molar-refractivity contribution in [3.05, 3.63) is 92.3 Å². The first-order chi connectivity index (χ1) is 39.3. The van der Waals surface area contributed by atoms with Crippen LogP contribution in [0.2, 0.25) is 0 Å². The van der Waals surface area contributed by atoms with Crippen LogP contribution in [0.25, 0.3) is 21.7 Å². The molecule has 1 amide bonds. The maximum Gasteiger partial charge on any atom is 0.341 e. The Morgan fingerprint density at radius 3 is 2.23 bits per heavy atom. The molecule has 2 aliphatic carbocycles. The molecule has 22 heteroatoms. The summed E-state index contributed by atoms with van der Waals surface area (Å²) in [6.45, 7) is 15.5. The summed E-state index contributed by atoms with van der Waals surface area (Å²) in [6.07, 6.45) is 8.37. The van der Waals surface area contributed by atoms with Crippen LogP contribution in [-0.4, -0.2) is 165 Å². The smallest absolute Gasteiger partial charge is 0.341 e. The van der Waals surface area contributed by atoms with E-state index < -0.39 is 111 Å². The van der Waals surface area contributed by atoms with Crippen molar-refractivity contribution in [1.29, 1.82) is 0 Å². The van der Waals surface area contributed by atoms with Gasteiger partial charge in [-0.3, -0.25) is 29.1 Å². The molecule has 4 aromatic rings. The van der Waals surface area contributed by atoms with Crippen LogP contribution in [0.1, 0.15) is 111 Å². The second kappa shape index (κ2) is 23.6. The fraction of sp³-hybridized carbons (Fsp3) is 0.508. The number of anilines is 2. The zero-order valence-electron chi connectivity index (χ0n) is 48.4. The highest BCUT2D eigenvalue weighted by molar-refractivity contribution is 6.23. The molecule has 5 bridgehead atoms. The summed E-state index contributed by atoms with van der Waals surface area (Å²) in [4.78, 5) is 71.0. The summed E-state index contributed by atoms with van der Waals surface area (Å²) in [5, 5.41) is 78.4. The van der Waals surface area contributed by atoms with E-state index >= 15 is 4.39 Å². The number of piperazine rings is 1. The lowest BCUT2D eigenvalue weighted by Gasteiger charge is -2.38. The fourth-order valence-corrected chi connectivity index (χ4v) is 12.6. The SMILES string of the molecule is COc1c(N2CCC(N3CCN(/N=C/c4c5c(O)c6c(O)c(C)c7c(c6c4O)C(=O)[C@](C)(C7)O/C=C/[C@H](OC)[C@@H](C)[C@@H](OC(C)=O)[C@H](C)[C@H](O)[C@H](C)[C@@H](O)[C@@H](C)/C=C/C=C(/C)C(=O)N5)CC3)C2)c(F)cc2c(=O)c(C(=O)O)cn(C3CC3)c12. The topological polar surface area (TPSA) is 283 Å². The maximum absolute atomic E-state index is 16.3. The van der Waals surface area contributed by atoms with Crippen molar-refractivity contribution in [3.63, 3.8) is 0 Å². The number of halogens is 1. The average molecular weight is 1150 g/mol. The normalized spacial score (nSPS) is 29.1. The molecule has 4 aliphatic heterocycles. The van der Waals surface area contributed by atoms with E-state index in [1.54, 1.807) is 69.3 Å². The number of Topliss-reactive ketones (excluding diaryl/α,β-unsaturated/α-hetero) is 1. The molecule has 7 N–H and O–H groups in total. The van der Waals surface area contributed by atoms with E-state index in [0.717, 1.165) is 18.9 Å². The van der Waals surface area contributed by atoms with Crippen LogP contribution in [0, 0.1) is 36.4 Å². The van der Waals surface area contributed by atoms with E-state index in [-0.39, 0.29) is 74.1 Å². The molecule has 1 aromatic heterocycles. The molecule has 5 heterocycles. The quantitative estimate of drug-likeness (QED) is 0.0398. The number of allylic oxidation sites excluding steroid dienone is 2. The van der Waals surface area contributed by atoms with Gasteiger partial charge in [-0.2, -0.15) is 5.10 Å². The van der Waals surface area contributed by atoms with Gasteiger partial charge in [-0.25, -0.2) is 9.18 Å². The predicted molar refractivity (Wildman–Crippen MR) is 308 cm³/mol. The summed E-state index contributed by atoms with van der Waals surface area (Å²) in [5.41, 5.74) is -2.09. The highest BCUT2D eigenvalue weighted by Gasteiger charge is 2.48. The second-order valence-electron chi connectivity index (χ2n) is 23.2. The Morgan fingerprint density at radius 2 is 1.59 bits per heavy atom. The number of methoxy groups -OCH3 is 2. The highest BCUT2D eigenvalue weighted by Crippen LogP contribution is 2.53. The molecule has 1 unspecified atom stereocenters. The maximum atomic E-state index is 16.3. The van der Waals surface area contributed by atoms with E-state index in [0.29, 0.717) is 56.8 Å². The Hall–Kier alpha value is -7.53. The van der Waals surface area contributed by atoms with Crippen molar-refractivity contribution >= 4 is 62.9 Å². The first kappa shape index (κ1) is 60.1. The minimum atomic E-state index is -1.63. The Bertz CT molecular complexity index is 3460. The van der Waals surface area contributed by atoms with Crippen LogP contribution in [0.15, 0.2) is 58.3 Å².